The maximum Gasteiger partial charge on any atom is 0.128 e. The normalized spacial score (nSPS) is 13.2. The monoisotopic (exact) mass is 286 g/mol. The molecular weight excluding hydrogens is 263 g/mol. The van der Waals surface area contributed by atoms with E-state index in [2.05, 4.69) is 38.3 Å². The van der Waals surface area contributed by atoms with Gasteiger partial charge in [0.2, 0.25) is 0 Å². The second-order valence-corrected chi connectivity index (χ2v) is 6.50. The fraction of sp³-hybridized carbons (Fsp3) is 0.333. The minimum Gasteiger partial charge on any atom is -0.271 e. The number of benzene rings is 2. The largest absolute Gasteiger partial charge is 0.271 e. The van der Waals surface area contributed by atoms with Gasteiger partial charge in [0.15, 0.2) is 0 Å². The molecule has 0 aliphatic rings. The zero-order valence-electron chi connectivity index (χ0n) is 13.1. The number of nitrogens with two attached hydrogens (primary N) is 1. The summed E-state index contributed by atoms with van der Waals surface area (Å²) in [5.74, 6) is 5.41. The summed E-state index contributed by atoms with van der Waals surface area (Å²) >= 11 is 0. The van der Waals surface area contributed by atoms with Crippen molar-refractivity contribution in [3.63, 3.8) is 0 Å². The molecular formula is C18H23FN2. The molecule has 0 heterocycles. The fourth-order valence-electron chi connectivity index (χ4n) is 2.41. The van der Waals surface area contributed by atoms with Crippen LogP contribution in [0, 0.1) is 12.7 Å². The lowest BCUT2D eigenvalue weighted by molar-refractivity contribution is 0.557. The van der Waals surface area contributed by atoms with E-state index < -0.39 is 0 Å². The number of hydrazine groups is 1. The van der Waals surface area contributed by atoms with Gasteiger partial charge in [-0.05, 0) is 35.1 Å². The number of aryl methyl sites for hydroxylation is 1. The molecule has 0 radical (unpaired) electrons. The van der Waals surface area contributed by atoms with Crippen molar-refractivity contribution >= 4 is 0 Å². The Hall–Kier alpha value is -1.71. The van der Waals surface area contributed by atoms with Crippen LogP contribution in [0.15, 0.2) is 42.5 Å². The van der Waals surface area contributed by atoms with Crippen LogP contribution in [-0.2, 0) is 5.41 Å². The van der Waals surface area contributed by atoms with Gasteiger partial charge in [-0.15, -0.1) is 0 Å². The van der Waals surface area contributed by atoms with Gasteiger partial charge in [-0.3, -0.25) is 5.84 Å². The van der Waals surface area contributed by atoms with E-state index in [1.54, 1.807) is 6.07 Å². The zero-order valence-corrected chi connectivity index (χ0v) is 13.1. The summed E-state index contributed by atoms with van der Waals surface area (Å²) < 4.78 is 14.1. The van der Waals surface area contributed by atoms with Crippen LogP contribution in [0.25, 0.3) is 0 Å². The maximum atomic E-state index is 14.1. The van der Waals surface area contributed by atoms with Gasteiger partial charge in [0, 0.05) is 5.56 Å². The third kappa shape index (κ3) is 3.49. The highest BCUT2D eigenvalue weighted by atomic mass is 19.1. The number of halogens is 1. The molecule has 0 aromatic heterocycles. The Morgan fingerprint density at radius 2 is 1.67 bits per heavy atom. The van der Waals surface area contributed by atoms with Crippen molar-refractivity contribution in [3.8, 4) is 0 Å². The van der Waals surface area contributed by atoms with Crippen LogP contribution in [0.2, 0.25) is 0 Å². The molecule has 0 fully saturated rings. The topological polar surface area (TPSA) is 38.0 Å². The van der Waals surface area contributed by atoms with E-state index in [0.29, 0.717) is 5.56 Å². The molecule has 0 saturated carbocycles. The molecule has 2 nitrogen and oxygen atoms in total. The summed E-state index contributed by atoms with van der Waals surface area (Å²) in [5.41, 5.74) is 6.46. The van der Waals surface area contributed by atoms with Crippen molar-refractivity contribution in [2.75, 3.05) is 0 Å². The smallest absolute Gasteiger partial charge is 0.128 e. The van der Waals surface area contributed by atoms with Crippen LogP contribution in [-0.4, -0.2) is 0 Å². The van der Waals surface area contributed by atoms with Gasteiger partial charge in [-0.2, -0.15) is 0 Å². The van der Waals surface area contributed by atoms with Gasteiger partial charge < -0.3 is 0 Å². The van der Waals surface area contributed by atoms with Crippen molar-refractivity contribution in [2.24, 2.45) is 5.84 Å². The molecule has 0 saturated heterocycles. The molecule has 2 aromatic rings. The van der Waals surface area contributed by atoms with Crippen molar-refractivity contribution in [3.05, 3.63) is 70.5 Å². The molecule has 3 heteroatoms. The van der Waals surface area contributed by atoms with Gasteiger partial charge in [0.25, 0.3) is 0 Å². The zero-order chi connectivity index (χ0) is 15.6. The van der Waals surface area contributed by atoms with Crippen LogP contribution in [0.5, 0.6) is 0 Å². The Morgan fingerprint density at radius 3 is 2.14 bits per heavy atom. The quantitative estimate of drug-likeness (QED) is 0.661. The second-order valence-electron chi connectivity index (χ2n) is 6.50. The van der Waals surface area contributed by atoms with Crippen LogP contribution < -0.4 is 11.3 Å². The van der Waals surface area contributed by atoms with Gasteiger partial charge >= 0.3 is 0 Å². The van der Waals surface area contributed by atoms with Crippen molar-refractivity contribution in [1.29, 1.82) is 0 Å². The molecule has 1 atom stereocenters. The first-order valence-electron chi connectivity index (χ1n) is 7.15. The minimum atomic E-state index is -0.348. The van der Waals surface area contributed by atoms with Crippen LogP contribution >= 0.6 is 0 Å². The third-order valence-electron chi connectivity index (χ3n) is 3.74. The van der Waals surface area contributed by atoms with E-state index in [1.807, 2.05) is 25.1 Å². The van der Waals surface area contributed by atoms with Gasteiger partial charge in [-0.25, -0.2) is 9.82 Å². The first-order chi connectivity index (χ1) is 9.82. The van der Waals surface area contributed by atoms with Crippen LogP contribution in [0.4, 0.5) is 4.39 Å². The highest BCUT2D eigenvalue weighted by Gasteiger charge is 2.18. The van der Waals surface area contributed by atoms with Crippen molar-refractivity contribution in [1.82, 2.24) is 5.43 Å². The SMILES string of the molecule is Cc1ccc(C(NN)c2ccc(C(C)(C)C)cc2)c(F)c1. The average molecular weight is 286 g/mol. The van der Waals surface area contributed by atoms with E-state index in [-0.39, 0.29) is 17.3 Å². The summed E-state index contributed by atoms with van der Waals surface area (Å²) in [5, 5.41) is 0. The lowest BCUT2D eigenvalue weighted by Gasteiger charge is -2.22. The van der Waals surface area contributed by atoms with Crippen molar-refractivity contribution in [2.45, 2.75) is 39.2 Å². The maximum absolute atomic E-state index is 14.1. The summed E-state index contributed by atoms with van der Waals surface area (Å²) in [4.78, 5) is 0. The number of nitrogens with one attached hydrogen (secondary N) is 1. The molecule has 0 aliphatic carbocycles. The predicted octanol–water partition coefficient (Wildman–Crippen LogP) is 3.98. The highest BCUT2D eigenvalue weighted by molar-refractivity contribution is 5.36. The molecule has 2 rings (SSSR count). The first kappa shape index (κ1) is 15.7. The Bertz CT molecular complexity index is 612. The second kappa shape index (κ2) is 5.96. The Balaban J connectivity index is 2.37. The van der Waals surface area contributed by atoms with Crippen molar-refractivity contribution < 1.29 is 4.39 Å². The van der Waals surface area contributed by atoms with E-state index in [9.17, 15) is 4.39 Å². The van der Waals surface area contributed by atoms with Gasteiger partial charge in [0.1, 0.15) is 5.82 Å². The van der Waals surface area contributed by atoms with E-state index in [4.69, 9.17) is 5.84 Å². The molecule has 0 amide bonds. The fourth-order valence-corrected chi connectivity index (χ4v) is 2.41. The summed E-state index contributed by atoms with van der Waals surface area (Å²) in [7, 11) is 0. The number of hydrogen-bond donors (Lipinski definition) is 2. The minimum absolute atomic E-state index is 0.0965. The number of hydrogen-bond acceptors (Lipinski definition) is 2. The molecule has 2 aromatic carbocycles. The third-order valence-corrected chi connectivity index (χ3v) is 3.74. The lowest BCUT2D eigenvalue weighted by atomic mass is 9.86. The first-order valence-corrected chi connectivity index (χ1v) is 7.15. The molecule has 0 spiro atoms. The molecule has 1 unspecified atom stereocenters. The van der Waals surface area contributed by atoms with E-state index in [1.165, 1.54) is 11.6 Å². The Kier molecular flexibility index (Phi) is 4.45. The lowest BCUT2D eigenvalue weighted by Crippen LogP contribution is -2.29. The molecule has 0 bridgehead atoms. The average Bonchev–Trinajstić information content (AvgIpc) is 2.41. The standard InChI is InChI=1S/C18H23FN2/c1-12-5-10-15(16(19)11-12)17(21-20)13-6-8-14(9-7-13)18(2,3)4/h5-11,17,21H,20H2,1-4H3. The Labute approximate surface area is 126 Å². The predicted molar refractivity (Wildman–Crippen MR) is 85.4 cm³/mol. The highest BCUT2D eigenvalue weighted by Crippen LogP contribution is 2.27. The molecule has 21 heavy (non-hydrogen) atoms. The van der Waals surface area contributed by atoms with Gasteiger partial charge in [0.05, 0.1) is 6.04 Å². The summed E-state index contributed by atoms with van der Waals surface area (Å²) in [6, 6.07) is 13.0. The van der Waals surface area contributed by atoms with E-state index in [0.717, 1.165) is 11.1 Å². The van der Waals surface area contributed by atoms with Crippen LogP contribution in [0.3, 0.4) is 0 Å². The molecule has 0 aliphatic heterocycles. The molecule has 3 N–H and O–H groups in total. The summed E-state index contributed by atoms with van der Waals surface area (Å²) in [6.45, 7) is 8.37. The Morgan fingerprint density at radius 1 is 1.05 bits per heavy atom. The molecule has 112 valence electrons. The number of rotatable bonds is 3. The van der Waals surface area contributed by atoms with Crippen LogP contribution in [0.1, 0.15) is 49.1 Å². The van der Waals surface area contributed by atoms with E-state index >= 15 is 0 Å². The van der Waals surface area contributed by atoms with Gasteiger partial charge in [-0.1, -0.05) is 57.2 Å². The summed E-state index contributed by atoms with van der Waals surface area (Å²) in [6.07, 6.45) is 0.